The molecule has 0 aliphatic rings. The van der Waals surface area contributed by atoms with E-state index in [9.17, 15) is 18.0 Å². The lowest BCUT2D eigenvalue weighted by Crippen LogP contribution is -2.19. The molecule has 0 saturated carbocycles. The lowest BCUT2D eigenvalue weighted by atomic mass is 10.1. The SMILES string of the molecule is CCOc1ccc(OC(F)(F)F)c(C(=O)CBr)c1. The highest BCUT2D eigenvalue weighted by Gasteiger charge is 2.33. The largest absolute Gasteiger partial charge is 0.573 e. The fourth-order valence-electron chi connectivity index (χ4n) is 1.27. The Balaban J connectivity index is 3.12. The molecule has 0 saturated heterocycles. The van der Waals surface area contributed by atoms with E-state index >= 15 is 0 Å². The monoisotopic (exact) mass is 326 g/mol. The average Bonchev–Trinajstić information content (AvgIpc) is 2.28. The first kappa shape index (κ1) is 14.8. The minimum Gasteiger partial charge on any atom is -0.494 e. The summed E-state index contributed by atoms with van der Waals surface area (Å²) < 4.78 is 45.4. The number of ketones is 1. The number of hydrogen-bond acceptors (Lipinski definition) is 3. The molecule has 1 aromatic rings. The van der Waals surface area contributed by atoms with E-state index in [0.29, 0.717) is 12.4 Å². The summed E-state index contributed by atoms with van der Waals surface area (Å²) in [6, 6.07) is 3.61. The molecule has 0 amide bonds. The van der Waals surface area contributed by atoms with Crippen LogP contribution in [0.1, 0.15) is 17.3 Å². The minimum atomic E-state index is -4.84. The number of alkyl halides is 4. The summed E-state index contributed by atoms with van der Waals surface area (Å²) >= 11 is 2.90. The van der Waals surface area contributed by atoms with Gasteiger partial charge in [0.1, 0.15) is 11.5 Å². The first-order valence-electron chi connectivity index (χ1n) is 4.99. The molecule has 0 fully saturated rings. The Morgan fingerprint density at radius 3 is 2.56 bits per heavy atom. The number of rotatable bonds is 5. The lowest BCUT2D eigenvalue weighted by molar-refractivity contribution is -0.274. The quantitative estimate of drug-likeness (QED) is 0.613. The van der Waals surface area contributed by atoms with Crippen LogP contribution < -0.4 is 9.47 Å². The maximum atomic E-state index is 12.2. The fourth-order valence-corrected chi connectivity index (χ4v) is 1.57. The predicted molar refractivity (Wildman–Crippen MR) is 62.4 cm³/mol. The van der Waals surface area contributed by atoms with Gasteiger partial charge in [-0.25, -0.2) is 0 Å². The molecule has 100 valence electrons. The molecule has 0 radical (unpaired) electrons. The highest BCUT2D eigenvalue weighted by atomic mass is 79.9. The number of halogens is 4. The van der Waals surface area contributed by atoms with Crippen LogP contribution in [0.3, 0.4) is 0 Å². The van der Waals surface area contributed by atoms with Gasteiger partial charge in [0.15, 0.2) is 5.78 Å². The first-order valence-corrected chi connectivity index (χ1v) is 6.11. The topological polar surface area (TPSA) is 35.5 Å². The van der Waals surface area contributed by atoms with Crippen molar-refractivity contribution in [2.75, 3.05) is 11.9 Å². The molecule has 18 heavy (non-hydrogen) atoms. The molecule has 0 N–H and O–H groups in total. The number of carbonyl (C=O) groups excluding carboxylic acids is 1. The molecule has 3 nitrogen and oxygen atoms in total. The van der Waals surface area contributed by atoms with E-state index in [2.05, 4.69) is 20.7 Å². The van der Waals surface area contributed by atoms with E-state index in [0.717, 1.165) is 6.07 Å². The van der Waals surface area contributed by atoms with Crippen LogP contribution in [0.25, 0.3) is 0 Å². The van der Waals surface area contributed by atoms with Crippen LogP contribution in [0.4, 0.5) is 13.2 Å². The zero-order chi connectivity index (χ0) is 13.8. The van der Waals surface area contributed by atoms with Gasteiger partial charge in [0.05, 0.1) is 17.5 Å². The van der Waals surface area contributed by atoms with Gasteiger partial charge in [-0.1, -0.05) is 15.9 Å². The summed E-state index contributed by atoms with van der Waals surface area (Å²) in [7, 11) is 0. The molecule has 0 bridgehead atoms. The zero-order valence-electron chi connectivity index (χ0n) is 9.38. The van der Waals surface area contributed by atoms with Crippen molar-refractivity contribution in [3.05, 3.63) is 23.8 Å². The van der Waals surface area contributed by atoms with Crippen LogP contribution in [0.2, 0.25) is 0 Å². The third kappa shape index (κ3) is 4.21. The van der Waals surface area contributed by atoms with Crippen molar-refractivity contribution in [1.82, 2.24) is 0 Å². The fraction of sp³-hybridized carbons (Fsp3) is 0.364. The maximum Gasteiger partial charge on any atom is 0.573 e. The zero-order valence-corrected chi connectivity index (χ0v) is 11.0. The van der Waals surface area contributed by atoms with Crippen molar-refractivity contribution in [1.29, 1.82) is 0 Å². The van der Waals surface area contributed by atoms with Gasteiger partial charge < -0.3 is 9.47 Å². The van der Waals surface area contributed by atoms with Gasteiger partial charge in [0.25, 0.3) is 0 Å². The Morgan fingerprint density at radius 1 is 1.39 bits per heavy atom. The maximum absolute atomic E-state index is 12.2. The molecule has 0 spiro atoms. The van der Waals surface area contributed by atoms with Crippen molar-refractivity contribution < 1.29 is 27.4 Å². The van der Waals surface area contributed by atoms with Crippen LogP contribution in [0, 0.1) is 0 Å². The second-order valence-corrected chi connectivity index (χ2v) is 3.76. The normalized spacial score (nSPS) is 11.2. The Morgan fingerprint density at radius 2 is 2.06 bits per heavy atom. The van der Waals surface area contributed by atoms with Gasteiger partial charge in [-0.05, 0) is 25.1 Å². The third-order valence-electron chi connectivity index (χ3n) is 1.91. The summed E-state index contributed by atoms with van der Waals surface area (Å²) in [6.45, 7) is 2.08. The van der Waals surface area contributed by atoms with Gasteiger partial charge in [0.2, 0.25) is 0 Å². The van der Waals surface area contributed by atoms with Gasteiger partial charge in [-0.2, -0.15) is 0 Å². The molecule has 7 heteroatoms. The summed E-state index contributed by atoms with van der Waals surface area (Å²) in [5.74, 6) is -0.734. The Bertz CT molecular complexity index is 432. The molecule has 0 unspecified atom stereocenters. The number of hydrogen-bond donors (Lipinski definition) is 0. The highest BCUT2D eigenvalue weighted by molar-refractivity contribution is 9.09. The van der Waals surface area contributed by atoms with E-state index in [1.165, 1.54) is 12.1 Å². The Kier molecular flexibility index (Phi) is 5.01. The van der Waals surface area contributed by atoms with Gasteiger partial charge >= 0.3 is 6.36 Å². The van der Waals surface area contributed by atoms with Crippen LogP contribution in [-0.2, 0) is 0 Å². The van der Waals surface area contributed by atoms with E-state index in [-0.39, 0.29) is 10.9 Å². The van der Waals surface area contributed by atoms with Gasteiger partial charge in [0, 0.05) is 0 Å². The van der Waals surface area contributed by atoms with Crippen molar-refractivity contribution in [3.8, 4) is 11.5 Å². The molecule has 1 rings (SSSR count). The second kappa shape index (κ2) is 6.08. The Hall–Kier alpha value is -1.24. The number of Topliss-reactive ketones (excluding diaryl/α,β-unsaturated/α-hetero) is 1. The lowest BCUT2D eigenvalue weighted by Gasteiger charge is -2.13. The van der Waals surface area contributed by atoms with Crippen LogP contribution in [0.5, 0.6) is 11.5 Å². The predicted octanol–water partition coefficient (Wildman–Crippen LogP) is 3.56. The molecule has 0 aliphatic carbocycles. The van der Waals surface area contributed by atoms with Crippen LogP contribution >= 0.6 is 15.9 Å². The second-order valence-electron chi connectivity index (χ2n) is 3.20. The molecule has 0 atom stereocenters. The molecular weight excluding hydrogens is 317 g/mol. The van der Waals surface area contributed by atoms with Crippen molar-refractivity contribution in [2.45, 2.75) is 13.3 Å². The standard InChI is InChI=1S/C11H10BrF3O3/c1-2-17-7-3-4-10(18-11(13,14)15)8(5-7)9(16)6-12/h3-5H,2,6H2,1H3. The summed E-state index contributed by atoms with van der Waals surface area (Å²) in [6.07, 6.45) is -4.84. The molecular formula is C11H10BrF3O3. The summed E-state index contributed by atoms with van der Waals surface area (Å²) in [4.78, 5) is 11.5. The first-order chi connectivity index (χ1) is 8.37. The van der Waals surface area contributed by atoms with Crippen molar-refractivity contribution in [2.24, 2.45) is 0 Å². The third-order valence-corrected chi connectivity index (χ3v) is 2.42. The number of carbonyl (C=O) groups is 1. The van der Waals surface area contributed by atoms with Gasteiger partial charge in [-0.3, -0.25) is 4.79 Å². The van der Waals surface area contributed by atoms with Crippen molar-refractivity contribution in [3.63, 3.8) is 0 Å². The van der Waals surface area contributed by atoms with E-state index in [4.69, 9.17) is 4.74 Å². The van der Waals surface area contributed by atoms with Crippen molar-refractivity contribution >= 4 is 21.7 Å². The molecule has 0 aliphatic heterocycles. The number of ether oxygens (including phenoxy) is 2. The van der Waals surface area contributed by atoms with E-state index < -0.39 is 17.9 Å². The molecule has 0 heterocycles. The highest BCUT2D eigenvalue weighted by Crippen LogP contribution is 2.30. The minimum absolute atomic E-state index is 0.100. The van der Waals surface area contributed by atoms with Gasteiger partial charge in [-0.15, -0.1) is 13.2 Å². The van der Waals surface area contributed by atoms with E-state index in [1.807, 2.05) is 0 Å². The summed E-state index contributed by atoms with van der Waals surface area (Å²) in [5, 5.41) is -0.100. The van der Waals surface area contributed by atoms with Crippen LogP contribution in [-0.4, -0.2) is 24.1 Å². The number of benzene rings is 1. The molecule has 0 aromatic heterocycles. The Labute approximate surface area is 110 Å². The van der Waals surface area contributed by atoms with E-state index in [1.54, 1.807) is 6.92 Å². The average molecular weight is 327 g/mol. The summed E-state index contributed by atoms with van der Waals surface area (Å²) in [5.41, 5.74) is -0.171. The molecule has 1 aromatic carbocycles. The van der Waals surface area contributed by atoms with Crippen LogP contribution in [0.15, 0.2) is 18.2 Å². The smallest absolute Gasteiger partial charge is 0.494 e.